The van der Waals surface area contributed by atoms with Gasteiger partial charge in [-0.3, -0.25) is 4.79 Å². The zero-order valence-electron chi connectivity index (χ0n) is 10.7. The molecule has 98 valence electrons. The third-order valence-corrected chi connectivity index (χ3v) is 4.34. The van der Waals surface area contributed by atoms with E-state index in [9.17, 15) is 4.79 Å². The lowest BCUT2D eigenvalue weighted by molar-refractivity contribution is -0.145. The van der Waals surface area contributed by atoms with Crippen LogP contribution in [-0.4, -0.2) is 31.5 Å². The quantitative estimate of drug-likeness (QED) is 0.768. The number of methoxy groups -OCH3 is 1. The van der Waals surface area contributed by atoms with Crippen molar-refractivity contribution in [1.82, 2.24) is 0 Å². The minimum absolute atomic E-state index is 0.107. The first kappa shape index (κ1) is 13.4. The van der Waals surface area contributed by atoms with Gasteiger partial charge in [-0.15, -0.1) is 11.8 Å². The van der Waals surface area contributed by atoms with Crippen molar-refractivity contribution in [3.05, 3.63) is 29.8 Å². The Morgan fingerprint density at radius 3 is 3.06 bits per heavy atom. The summed E-state index contributed by atoms with van der Waals surface area (Å²) >= 11 is 1.72. The Labute approximate surface area is 112 Å². The van der Waals surface area contributed by atoms with E-state index in [1.165, 1.54) is 4.90 Å². The molecule has 0 saturated carbocycles. The smallest absolute Gasteiger partial charge is 0.314 e. The molecule has 0 amide bonds. The average molecular weight is 266 g/mol. The topological polar surface area (TPSA) is 35.5 Å². The van der Waals surface area contributed by atoms with Crippen molar-refractivity contribution in [2.45, 2.75) is 30.3 Å². The van der Waals surface area contributed by atoms with Crippen LogP contribution in [0, 0.1) is 0 Å². The van der Waals surface area contributed by atoms with Gasteiger partial charge in [-0.2, -0.15) is 0 Å². The van der Waals surface area contributed by atoms with Crippen LogP contribution in [0.2, 0.25) is 0 Å². The van der Waals surface area contributed by atoms with Crippen LogP contribution in [0.3, 0.4) is 0 Å². The molecular weight excluding hydrogens is 248 g/mol. The standard InChI is InChI=1S/C14H18O3S/c1-10(16-2)7-8-17-14(15)12-9-18-13-6-4-3-5-11(12)13/h3-6,10,12H,7-9H2,1-2H3/t10-,12-/m1/s1. The van der Waals surface area contributed by atoms with Crippen LogP contribution in [0.15, 0.2) is 29.2 Å². The lowest BCUT2D eigenvalue weighted by Gasteiger charge is -2.13. The number of carbonyl (C=O) groups excluding carboxylic acids is 1. The second-order valence-electron chi connectivity index (χ2n) is 4.40. The van der Waals surface area contributed by atoms with Gasteiger partial charge in [0.15, 0.2) is 0 Å². The molecule has 18 heavy (non-hydrogen) atoms. The van der Waals surface area contributed by atoms with Gasteiger partial charge in [0, 0.05) is 24.2 Å². The third-order valence-electron chi connectivity index (χ3n) is 3.16. The van der Waals surface area contributed by atoms with Crippen molar-refractivity contribution >= 4 is 17.7 Å². The lowest BCUT2D eigenvalue weighted by Crippen LogP contribution is -2.18. The third kappa shape index (κ3) is 3.06. The number of fused-ring (bicyclic) bond motifs is 1. The van der Waals surface area contributed by atoms with E-state index < -0.39 is 0 Å². The number of benzene rings is 1. The zero-order valence-corrected chi connectivity index (χ0v) is 11.5. The first-order chi connectivity index (χ1) is 8.72. The molecule has 1 aliphatic heterocycles. The average Bonchev–Trinajstić information content (AvgIpc) is 2.82. The number of thioether (sulfide) groups is 1. The summed E-state index contributed by atoms with van der Waals surface area (Å²) in [5.41, 5.74) is 1.10. The van der Waals surface area contributed by atoms with E-state index in [-0.39, 0.29) is 18.0 Å². The number of esters is 1. The molecule has 0 spiro atoms. The molecule has 4 heteroatoms. The molecule has 0 aliphatic carbocycles. The van der Waals surface area contributed by atoms with E-state index in [1.54, 1.807) is 18.9 Å². The molecule has 1 aliphatic rings. The Bertz CT molecular complexity index is 419. The molecule has 0 radical (unpaired) electrons. The van der Waals surface area contributed by atoms with Crippen LogP contribution in [0.5, 0.6) is 0 Å². The molecular formula is C14H18O3S. The maximum absolute atomic E-state index is 12.0. The molecule has 0 bridgehead atoms. The van der Waals surface area contributed by atoms with E-state index in [1.807, 2.05) is 25.1 Å². The van der Waals surface area contributed by atoms with Gasteiger partial charge in [0.2, 0.25) is 0 Å². The molecule has 1 aromatic rings. The van der Waals surface area contributed by atoms with Crippen LogP contribution >= 0.6 is 11.8 Å². The van der Waals surface area contributed by atoms with Crippen molar-refractivity contribution in [2.75, 3.05) is 19.5 Å². The Balaban J connectivity index is 1.88. The zero-order chi connectivity index (χ0) is 13.0. The highest BCUT2D eigenvalue weighted by molar-refractivity contribution is 7.99. The molecule has 0 aromatic heterocycles. The van der Waals surface area contributed by atoms with Crippen LogP contribution < -0.4 is 0 Å². The summed E-state index contributed by atoms with van der Waals surface area (Å²) in [5, 5.41) is 0. The van der Waals surface area contributed by atoms with Crippen LogP contribution in [-0.2, 0) is 14.3 Å². The number of hydrogen-bond acceptors (Lipinski definition) is 4. The molecule has 0 saturated heterocycles. The second-order valence-corrected chi connectivity index (χ2v) is 5.47. The van der Waals surface area contributed by atoms with Crippen molar-refractivity contribution < 1.29 is 14.3 Å². The van der Waals surface area contributed by atoms with Gasteiger partial charge in [0.25, 0.3) is 0 Å². The normalized spacial score (nSPS) is 19.3. The van der Waals surface area contributed by atoms with Gasteiger partial charge in [-0.1, -0.05) is 18.2 Å². The predicted octanol–water partition coefficient (Wildman–Crippen LogP) is 2.84. The van der Waals surface area contributed by atoms with Crippen LogP contribution in [0.25, 0.3) is 0 Å². The largest absolute Gasteiger partial charge is 0.465 e. The molecule has 0 unspecified atom stereocenters. The first-order valence-electron chi connectivity index (χ1n) is 6.13. The summed E-state index contributed by atoms with van der Waals surface area (Å²) in [7, 11) is 1.66. The highest BCUT2D eigenvalue weighted by Crippen LogP contribution is 2.39. The predicted molar refractivity (Wildman–Crippen MR) is 72.0 cm³/mol. The van der Waals surface area contributed by atoms with E-state index in [2.05, 4.69) is 6.07 Å². The fourth-order valence-corrected chi connectivity index (χ4v) is 3.12. The van der Waals surface area contributed by atoms with Gasteiger partial charge in [0.1, 0.15) is 0 Å². The molecule has 2 rings (SSSR count). The minimum Gasteiger partial charge on any atom is -0.465 e. The van der Waals surface area contributed by atoms with Crippen molar-refractivity contribution in [2.24, 2.45) is 0 Å². The minimum atomic E-state index is -0.115. The number of rotatable bonds is 5. The fraction of sp³-hybridized carbons (Fsp3) is 0.500. The highest BCUT2D eigenvalue weighted by Gasteiger charge is 2.30. The van der Waals surface area contributed by atoms with Crippen molar-refractivity contribution in [1.29, 1.82) is 0 Å². The number of ether oxygens (including phenoxy) is 2. The summed E-state index contributed by atoms with van der Waals surface area (Å²) in [4.78, 5) is 13.2. The van der Waals surface area contributed by atoms with E-state index in [0.29, 0.717) is 6.61 Å². The molecule has 1 heterocycles. The summed E-state index contributed by atoms with van der Waals surface area (Å²) in [6, 6.07) is 8.04. The van der Waals surface area contributed by atoms with Crippen LogP contribution in [0.4, 0.5) is 0 Å². The lowest BCUT2D eigenvalue weighted by atomic mass is 10.0. The van der Waals surface area contributed by atoms with E-state index in [0.717, 1.165) is 17.7 Å². The Kier molecular flexibility index (Phi) is 4.66. The SMILES string of the molecule is CO[C@H](C)CCOC(=O)[C@@H]1CSc2ccccc21. The van der Waals surface area contributed by atoms with E-state index in [4.69, 9.17) is 9.47 Å². The molecule has 3 nitrogen and oxygen atoms in total. The van der Waals surface area contributed by atoms with E-state index >= 15 is 0 Å². The summed E-state index contributed by atoms with van der Waals surface area (Å²) in [6.45, 7) is 2.39. The summed E-state index contributed by atoms with van der Waals surface area (Å²) < 4.78 is 10.4. The Hall–Kier alpha value is -1.00. The molecule has 1 aromatic carbocycles. The molecule has 0 N–H and O–H groups in total. The van der Waals surface area contributed by atoms with Crippen molar-refractivity contribution in [3.63, 3.8) is 0 Å². The second kappa shape index (κ2) is 6.25. The maximum atomic E-state index is 12.0. The maximum Gasteiger partial charge on any atom is 0.314 e. The van der Waals surface area contributed by atoms with Gasteiger partial charge >= 0.3 is 5.97 Å². The number of hydrogen-bond donors (Lipinski definition) is 0. The first-order valence-corrected chi connectivity index (χ1v) is 7.12. The monoisotopic (exact) mass is 266 g/mol. The van der Waals surface area contributed by atoms with Gasteiger partial charge in [-0.25, -0.2) is 0 Å². The number of carbonyl (C=O) groups is 1. The van der Waals surface area contributed by atoms with Crippen LogP contribution in [0.1, 0.15) is 24.8 Å². The Morgan fingerprint density at radius 2 is 2.28 bits per heavy atom. The van der Waals surface area contributed by atoms with Crippen molar-refractivity contribution in [3.8, 4) is 0 Å². The van der Waals surface area contributed by atoms with Gasteiger partial charge in [0.05, 0.1) is 18.6 Å². The fourth-order valence-electron chi connectivity index (χ4n) is 1.90. The van der Waals surface area contributed by atoms with Gasteiger partial charge in [-0.05, 0) is 18.6 Å². The summed E-state index contributed by atoms with van der Waals surface area (Å²) in [5.74, 6) is 0.567. The molecule has 0 fully saturated rings. The Morgan fingerprint density at radius 1 is 1.50 bits per heavy atom. The summed E-state index contributed by atoms with van der Waals surface area (Å²) in [6.07, 6.45) is 0.868. The highest BCUT2D eigenvalue weighted by atomic mass is 32.2. The molecule has 2 atom stereocenters. The van der Waals surface area contributed by atoms with Gasteiger partial charge < -0.3 is 9.47 Å².